The number of fused-ring (bicyclic) bond motifs is 1. The van der Waals surface area contributed by atoms with Crippen molar-refractivity contribution >= 4 is 33.0 Å². The molecule has 7 heteroatoms. The van der Waals surface area contributed by atoms with Crippen LogP contribution in [0.25, 0.3) is 0 Å². The van der Waals surface area contributed by atoms with Crippen molar-refractivity contribution in [3.05, 3.63) is 51.7 Å². The standard InChI is InChI=1S/C17H20N2O3S2/c1-12-10-14-11-13(5-6-16(14)19(12)24(2,21)22)17(20)18-8-7-15-4-3-9-23-15/h3-6,9,11-12H,7-8,10H2,1-2H3,(H,18,20)/t12-/m0/s1. The molecule has 1 amide bonds. The number of rotatable bonds is 5. The number of benzene rings is 1. The lowest BCUT2D eigenvalue weighted by atomic mass is 10.1. The molecule has 1 N–H and O–H groups in total. The number of thiophene rings is 1. The van der Waals surface area contributed by atoms with Crippen molar-refractivity contribution in [2.75, 3.05) is 17.1 Å². The lowest BCUT2D eigenvalue weighted by Crippen LogP contribution is -2.34. The van der Waals surface area contributed by atoms with Gasteiger partial charge in [-0.05, 0) is 55.0 Å². The summed E-state index contributed by atoms with van der Waals surface area (Å²) in [7, 11) is -3.30. The highest BCUT2D eigenvalue weighted by atomic mass is 32.2. The highest BCUT2D eigenvalue weighted by Crippen LogP contribution is 2.34. The van der Waals surface area contributed by atoms with Crippen LogP contribution in [0.1, 0.15) is 27.7 Å². The average molecular weight is 364 g/mol. The van der Waals surface area contributed by atoms with Crippen molar-refractivity contribution < 1.29 is 13.2 Å². The maximum atomic E-state index is 12.3. The zero-order valence-electron chi connectivity index (χ0n) is 13.7. The fraction of sp³-hybridized carbons (Fsp3) is 0.353. The Morgan fingerprint density at radius 3 is 2.83 bits per heavy atom. The minimum atomic E-state index is -3.30. The van der Waals surface area contributed by atoms with Crippen LogP contribution >= 0.6 is 11.3 Å². The van der Waals surface area contributed by atoms with E-state index in [1.165, 1.54) is 15.4 Å². The first-order valence-corrected chi connectivity index (χ1v) is 10.5. The van der Waals surface area contributed by atoms with Crippen LogP contribution in [0.3, 0.4) is 0 Å². The number of anilines is 1. The third-order valence-electron chi connectivity index (χ3n) is 4.09. The molecule has 5 nitrogen and oxygen atoms in total. The first-order chi connectivity index (χ1) is 11.4. The fourth-order valence-corrected chi connectivity index (χ4v) is 5.08. The van der Waals surface area contributed by atoms with E-state index in [1.807, 2.05) is 24.4 Å². The van der Waals surface area contributed by atoms with Crippen molar-refractivity contribution in [3.8, 4) is 0 Å². The van der Waals surface area contributed by atoms with Crippen LogP contribution in [0, 0.1) is 0 Å². The summed E-state index contributed by atoms with van der Waals surface area (Å²) in [6.07, 6.45) is 2.65. The lowest BCUT2D eigenvalue weighted by molar-refractivity contribution is 0.0954. The number of hydrogen-bond donors (Lipinski definition) is 1. The van der Waals surface area contributed by atoms with E-state index in [9.17, 15) is 13.2 Å². The zero-order chi connectivity index (χ0) is 17.3. The molecule has 1 aliphatic heterocycles. The van der Waals surface area contributed by atoms with E-state index < -0.39 is 10.0 Å². The Bertz CT molecular complexity index is 845. The van der Waals surface area contributed by atoms with E-state index in [0.29, 0.717) is 24.2 Å². The van der Waals surface area contributed by atoms with Crippen LogP contribution in [-0.2, 0) is 22.9 Å². The Hall–Kier alpha value is -1.86. The second-order valence-corrected chi connectivity index (χ2v) is 8.93. The van der Waals surface area contributed by atoms with Crippen molar-refractivity contribution in [3.63, 3.8) is 0 Å². The molecule has 0 spiro atoms. The van der Waals surface area contributed by atoms with Gasteiger partial charge >= 0.3 is 0 Å². The van der Waals surface area contributed by atoms with Crippen molar-refractivity contribution in [1.82, 2.24) is 5.32 Å². The summed E-state index contributed by atoms with van der Waals surface area (Å²) in [6.45, 7) is 2.46. The Morgan fingerprint density at radius 1 is 1.38 bits per heavy atom. The molecule has 2 aromatic rings. The molecule has 1 aliphatic rings. The van der Waals surface area contributed by atoms with Crippen molar-refractivity contribution in [2.24, 2.45) is 0 Å². The molecule has 0 radical (unpaired) electrons. The fourth-order valence-electron chi connectivity index (χ4n) is 3.11. The van der Waals surface area contributed by atoms with E-state index in [4.69, 9.17) is 0 Å². The molecule has 1 atom stereocenters. The second kappa shape index (κ2) is 6.57. The summed E-state index contributed by atoms with van der Waals surface area (Å²) < 4.78 is 25.3. The Morgan fingerprint density at radius 2 is 2.17 bits per heavy atom. The highest BCUT2D eigenvalue weighted by molar-refractivity contribution is 7.92. The molecule has 0 aliphatic carbocycles. The average Bonchev–Trinajstić information content (AvgIpc) is 3.11. The summed E-state index contributed by atoms with van der Waals surface area (Å²) in [6, 6.07) is 9.15. The molecule has 1 aromatic heterocycles. The summed E-state index contributed by atoms with van der Waals surface area (Å²) in [5.74, 6) is -0.125. The summed E-state index contributed by atoms with van der Waals surface area (Å²) in [4.78, 5) is 13.5. The van der Waals surface area contributed by atoms with Gasteiger partial charge in [0.15, 0.2) is 0 Å². The Kier molecular flexibility index (Phi) is 4.64. The van der Waals surface area contributed by atoms with Gasteiger partial charge in [-0.25, -0.2) is 8.42 Å². The van der Waals surface area contributed by atoms with Gasteiger partial charge in [-0.1, -0.05) is 6.07 Å². The first kappa shape index (κ1) is 17.0. The number of carbonyl (C=O) groups is 1. The Balaban J connectivity index is 1.70. The lowest BCUT2D eigenvalue weighted by Gasteiger charge is -2.21. The van der Waals surface area contributed by atoms with Gasteiger partial charge in [-0.2, -0.15) is 0 Å². The molecule has 1 aromatic carbocycles. The predicted molar refractivity (Wildman–Crippen MR) is 97.3 cm³/mol. The minimum Gasteiger partial charge on any atom is -0.352 e. The summed E-state index contributed by atoms with van der Waals surface area (Å²) in [5, 5.41) is 4.94. The van der Waals surface area contributed by atoms with Gasteiger partial charge in [0.05, 0.1) is 11.9 Å². The third-order valence-corrected chi connectivity index (χ3v) is 6.30. The number of sulfonamides is 1. The number of amides is 1. The number of nitrogens with zero attached hydrogens (tertiary/aromatic N) is 1. The van der Waals surface area contributed by atoms with E-state index in [1.54, 1.807) is 29.5 Å². The van der Waals surface area contributed by atoms with E-state index >= 15 is 0 Å². The van der Waals surface area contributed by atoms with Gasteiger partial charge in [0.25, 0.3) is 5.91 Å². The monoisotopic (exact) mass is 364 g/mol. The van der Waals surface area contributed by atoms with Crippen LogP contribution in [0.4, 0.5) is 5.69 Å². The summed E-state index contributed by atoms with van der Waals surface area (Å²) in [5.41, 5.74) is 2.15. The van der Waals surface area contributed by atoms with Gasteiger partial charge < -0.3 is 5.32 Å². The van der Waals surface area contributed by atoms with Gasteiger partial charge in [0, 0.05) is 23.0 Å². The molecule has 0 fully saturated rings. The van der Waals surface area contributed by atoms with Crippen LogP contribution in [0.2, 0.25) is 0 Å². The van der Waals surface area contributed by atoms with Gasteiger partial charge in [-0.15, -0.1) is 11.3 Å². The molecule has 0 unspecified atom stereocenters. The molecule has 128 valence electrons. The number of nitrogens with one attached hydrogen (secondary N) is 1. The van der Waals surface area contributed by atoms with Gasteiger partial charge in [-0.3, -0.25) is 9.10 Å². The summed E-state index contributed by atoms with van der Waals surface area (Å²) >= 11 is 1.68. The zero-order valence-corrected chi connectivity index (χ0v) is 15.3. The quantitative estimate of drug-likeness (QED) is 0.886. The topological polar surface area (TPSA) is 66.5 Å². The van der Waals surface area contributed by atoms with Crippen LogP contribution in [-0.4, -0.2) is 33.2 Å². The normalized spacial score (nSPS) is 16.9. The third kappa shape index (κ3) is 3.47. The maximum absolute atomic E-state index is 12.3. The van der Waals surface area contributed by atoms with E-state index in [-0.39, 0.29) is 11.9 Å². The van der Waals surface area contributed by atoms with E-state index in [0.717, 1.165) is 12.0 Å². The largest absolute Gasteiger partial charge is 0.352 e. The number of hydrogen-bond acceptors (Lipinski definition) is 4. The molecule has 0 bridgehead atoms. The molecule has 3 rings (SSSR count). The Labute approximate surface area is 146 Å². The van der Waals surface area contributed by atoms with Gasteiger partial charge in [0.1, 0.15) is 0 Å². The molecule has 0 saturated heterocycles. The van der Waals surface area contributed by atoms with E-state index in [2.05, 4.69) is 5.32 Å². The van der Waals surface area contributed by atoms with Crippen LogP contribution in [0.5, 0.6) is 0 Å². The molecule has 2 heterocycles. The smallest absolute Gasteiger partial charge is 0.251 e. The van der Waals surface area contributed by atoms with Crippen molar-refractivity contribution in [2.45, 2.75) is 25.8 Å². The first-order valence-electron chi connectivity index (χ1n) is 7.79. The van der Waals surface area contributed by atoms with Crippen LogP contribution < -0.4 is 9.62 Å². The molecular weight excluding hydrogens is 344 g/mol. The minimum absolute atomic E-state index is 0.118. The highest BCUT2D eigenvalue weighted by Gasteiger charge is 2.32. The molecular formula is C17H20N2O3S2. The SMILES string of the molecule is C[C@H]1Cc2cc(C(=O)NCCc3cccs3)ccc2N1S(C)(=O)=O. The molecule has 0 saturated carbocycles. The van der Waals surface area contributed by atoms with Crippen LogP contribution in [0.15, 0.2) is 35.7 Å². The number of carbonyl (C=O) groups excluding carboxylic acids is 1. The second-order valence-electron chi connectivity index (χ2n) is 6.04. The van der Waals surface area contributed by atoms with Gasteiger partial charge in [0.2, 0.25) is 10.0 Å². The van der Waals surface area contributed by atoms with Crippen molar-refractivity contribution in [1.29, 1.82) is 0 Å². The molecule has 24 heavy (non-hydrogen) atoms. The predicted octanol–water partition coefficient (Wildman–Crippen LogP) is 2.43. The maximum Gasteiger partial charge on any atom is 0.251 e.